The summed E-state index contributed by atoms with van der Waals surface area (Å²) >= 11 is 5.71. The minimum atomic E-state index is -0.408. The van der Waals surface area contributed by atoms with Gasteiger partial charge in [-0.1, -0.05) is 17.7 Å². The Morgan fingerprint density at radius 3 is 2.88 bits per heavy atom. The average molecular weight is 262 g/mol. The van der Waals surface area contributed by atoms with E-state index in [9.17, 15) is 4.39 Å². The molecule has 0 aliphatic heterocycles. The van der Waals surface area contributed by atoms with Crippen molar-refractivity contribution in [1.29, 1.82) is 0 Å². The first-order chi connectivity index (χ1) is 8.15. The Hall–Kier alpha value is -0.680. The third-order valence-corrected chi connectivity index (χ3v) is 2.67. The van der Waals surface area contributed by atoms with Gasteiger partial charge in [0.05, 0.1) is 24.8 Å². The molecule has 17 heavy (non-hydrogen) atoms. The van der Waals surface area contributed by atoms with Gasteiger partial charge in [-0.05, 0) is 24.6 Å². The van der Waals surface area contributed by atoms with Crippen molar-refractivity contribution in [3.05, 3.63) is 34.6 Å². The first kappa shape index (κ1) is 14.4. The Labute approximate surface area is 106 Å². The number of aliphatic hydroxyl groups is 1. The van der Waals surface area contributed by atoms with Gasteiger partial charge in [-0.25, -0.2) is 4.39 Å². The van der Waals surface area contributed by atoms with E-state index < -0.39 is 5.82 Å². The summed E-state index contributed by atoms with van der Waals surface area (Å²) in [6.45, 7) is 3.53. The lowest BCUT2D eigenvalue weighted by Gasteiger charge is -2.14. The molecule has 0 spiro atoms. The van der Waals surface area contributed by atoms with E-state index in [2.05, 4.69) is 5.32 Å². The second kappa shape index (κ2) is 7.61. The van der Waals surface area contributed by atoms with Crippen molar-refractivity contribution in [1.82, 2.24) is 5.32 Å². The summed E-state index contributed by atoms with van der Waals surface area (Å²) in [5, 5.41) is 11.9. The predicted octanol–water partition coefficient (Wildman–Crippen LogP) is 2.14. The molecule has 0 aliphatic carbocycles. The van der Waals surface area contributed by atoms with Crippen LogP contribution in [0, 0.1) is 5.82 Å². The van der Waals surface area contributed by atoms with Crippen LogP contribution >= 0.6 is 11.6 Å². The maximum atomic E-state index is 13.0. The van der Waals surface area contributed by atoms with E-state index in [-0.39, 0.29) is 17.7 Å². The van der Waals surface area contributed by atoms with Crippen molar-refractivity contribution in [3.8, 4) is 0 Å². The molecule has 1 atom stereocenters. The van der Waals surface area contributed by atoms with Gasteiger partial charge >= 0.3 is 0 Å². The molecule has 96 valence electrons. The lowest BCUT2D eigenvalue weighted by atomic mass is 10.1. The van der Waals surface area contributed by atoms with E-state index in [0.29, 0.717) is 19.8 Å². The van der Waals surface area contributed by atoms with Crippen LogP contribution in [0.15, 0.2) is 18.2 Å². The molecule has 5 heteroatoms. The minimum absolute atomic E-state index is 0.0309. The van der Waals surface area contributed by atoms with Crippen LogP contribution in [0.1, 0.15) is 18.5 Å². The van der Waals surface area contributed by atoms with Crippen molar-refractivity contribution in [2.24, 2.45) is 0 Å². The molecule has 0 fully saturated rings. The molecule has 0 aromatic heterocycles. The Bertz CT molecular complexity index is 349. The van der Waals surface area contributed by atoms with Gasteiger partial charge in [-0.3, -0.25) is 0 Å². The Morgan fingerprint density at radius 2 is 2.24 bits per heavy atom. The van der Waals surface area contributed by atoms with Gasteiger partial charge in [-0.2, -0.15) is 0 Å². The van der Waals surface area contributed by atoms with Crippen LogP contribution < -0.4 is 5.32 Å². The van der Waals surface area contributed by atoms with Crippen LogP contribution in [-0.2, 0) is 4.74 Å². The highest BCUT2D eigenvalue weighted by Gasteiger charge is 2.07. The monoisotopic (exact) mass is 261 g/mol. The number of ether oxygens (including phenoxy) is 1. The summed E-state index contributed by atoms with van der Waals surface area (Å²) in [4.78, 5) is 0. The fourth-order valence-corrected chi connectivity index (χ4v) is 1.60. The van der Waals surface area contributed by atoms with Crippen LogP contribution in [-0.4, -0.2) is 31.5 Å². The first-order valence-electron chi connectivity index (χ1n) is 5.52. The molecule has 1 unspecified atom stereocenters. The topological polar surface area (TPSA) is 41.5 Å². The lowest BCUT2D eigenvalue weighted by Crippen LogP contribution is -2.23. The molecule has 1 rings (SSSR count). The third kappa shape index (κ3) is 5.00. The quantitative estimate of drug-likeness (QED) is 0.739. The second-order valence-electron chi connectivity index (χ2n) is 3.69. The van der Waals surface area contributed by atoms with E-state index in [4.69, 9.17) is 21.4 Å². The van der Waals surface area contributed by atoms with Crippen molar-refractivity contribution in [2.75, 3.05) is 26.4 Å². The van der Waals surface area contributed by atoms with E-state index in [1.807, 2.05) is 6.92 Å². The smallest absolute Gasteiger partial charge is 0.141 e. The minimum Gasteiger partial charge on any atom is -0.394 e. The fraction of sp³-hybridized carbons (Fsp3) is 0.500. The second-order valence-corrected chi connectivity index (χ2v) is 4.09. The third-order valence-electron chi connectivity index (χ3n) is 2.38. The van der Waals surface area contributed by atoms with Crippen molar-refractivity contribution in [3.63, 3.8) is 0 Å². The Balaban J connectivity index is 2.36. The number of benzene rings is 1. The van der Waals surface area contributed by atoms with Gasteiger partial charge in [0.15, 0.2) is 0 Å². The van der Waals surface area contributed by atoms with Gasteiger partial charge in [0, 0.05) is 12.6 Å². The summed E-state index contributed by atoms with van der Waals surface area (Å²) < 4.78 is 18.1. The van der Waals surface area contributed by atoms with E-state index >= 15 is 0 Å². The maximum Gasteiger partial charge on any atom is 0.141 e. The molecule has 2 N–H and O–H groups in total. The molecule has 0 saturated carbocycles. The van der Waals surface area contributed by atoms with Crippen LogP contribution in [0.2, 0.25) is 5.02 Å². The molecular weight excluding hydrogens is 245 g/mol. The Kier molecular flexibility index (Phi) is 6.44. The fourth-order valence-electron chi connectivity index (χ4n) is 1.41. The number of rotatable bonds is 7. The molecule has 1 aromatic rings. The molecule has 3 nitrogen and oxygen atoms in total. The predicted molar refractivity (Wildman–Crippen MR) is 65.7 cm³/mol. The average Bonchev–Trinajstić information content (AvgIpc) is 2.32. The van der Waals surface area contributed by atoms with Gasteiger partial charge < -0.3 is 15.2 Å². The van der Waals surface area contributed by atoms with Gasteiger partial charge in [0.2, 0.25) is 0 Å². The number of aliphatic hydroxyl groups excluding tert-OH is 1. The standard InChI is InChI=1S/C12H17ClFNO2/c1-9(15-4-6-17-7-5-16)10-2-3-12(14)11(13)8-10/h2-3,8-9,15-16H,4-7H2,1H3. The first-order valence-corrected chi connectivity index (χ1v) is 5.90. The zero-order valence-electron chi connectivity index (χ0n) is 9.75. The van der Waals surface area contributed by atoms with Crippen LogP contribution in [0.4, 0.5) is 4.39 Å². The summed E-state index contributed by atoms with van der Waals surface area (Å²) in [7, 11) is 0. The van der Waals surface area contributed by atoms with E-state index in [1.165, 1.54) is 6.07 Å². The van der Waals surface area contributed by atoms with E-state index in [0.717, 1.165) is 5.56 Å². The van der Waals surface area contributed by atoms with Crippen LogP contribution in [0.5, 0.6) is 0 Å². The highest BCUT2D eigenvalue weighted by atomic mass is 35.5. The zero-order valence-corrected chi connectivity index (χ0v) is 10.5. The zero-order chi connectivity index (χ0) is 12.7. The van der Waals surface area contributed by atoms with Crippen molar-refractivity contribution < 1.29 is 14.2 Å². The van der Waals surface area contributed by atoms with Crippen LogP contribution in [0.3, 0.4) is 0 Å². The number of nitrogens with one attached hydrogen (secondary N) is 1. The van der Waals surface area contributed by atoms with Crippen molar-refractivity contribution in [2.45, 2.75) is 13.0 Å². The molecule has 0 amide bonds. The normalized spacial score (nSPS) is 12.7. The molecule has 0 aliphatic rings. The lowest BCUT2D eigenvalue weighted by molar-refractivity contribution is 0.0928. The van der Waals surface area contributed by atoms with Crippen molar-refractivity contribution >= 4 is 11.6 Å². The number of hydrogen-bond donors (Lipinski definition) is 2. The molecular formula is C12H17ClFNO2. The van der Waals surface area contributed by atoms with Gasteiger partial charge in [-0.15, -0.1) is 0 Å². The summed E-state index contributed by atoms with van der Waals surface area (Å²) in [6, 6.07) is 4.75. The van der Waals surface area contributed by atoms with E-state index in [1.54, 1.807) is 12.1 Å². The highest BCUT2D eigenvalue weighted by molar-refractivity contribution is 6.30. The van der Waals surface area contributed by atoms with Gasteiger partial charge in [0.1, 0.15) is 5.82 Å². The molecule has 1 aromatic carbocycles. The van der Waals surface area contributed by atoms with Crippen LogP contribution in [0.25, 0.3) is 0 Å². The highest BCUT2D eigenvalue weighted by Crippen LogP contribution is 2.20. The molecule has 0 saturated heterocycles. The molecule has 0 bridgehead atoms. The Morgan fingerprint density at radius 1 is 1.47 bits per heavy atom. The van der Waals surface area contributed by atoms with Gasteiger partial charge in [0.25, 0.3) is 0 Å². The summed E-state index contributed by atoms with van der Waals surface area (Å²) in [6.07, 6.45) is 0. The number of halogens is 2. The number of hydrogen-bond acceptors (Lipinski definition) is 3. The summed E-state index contributed by atoms with van der Waals surface area (Å²) in [5.41, 5.74) is 0.929. The molecule has 0 heterocycles. The summed E-state index contributed by atoms with van der Waals surface area (Å²) in [5.74, 6) is -0.408. The maximum absolute atomic E-state index is 13.0. The molecule has 0 radical (unpaired) electrons. The largest absolute Gasteiger partial charge is 0.394 e. The SMILES string of the molecule is CC(NCCOCCO)c1ccc(F)c(Cl)c1.